The Kier molecular flexibility index (Phi) is 5.77. The Morgan fingerprint density at radius 3 is 2.60 bits per heavy atom. The maximum absolute atomic E-state index is 5.84. The van der Waals surface area contributed by atoms with Crippen LogP contribution < -0.4 is 10.6 Å². The maximum atomic E-state index is 5.84. The zero-order chi connectivity index (χ0) is 14.4. The molecule has 2 N–H and O–H groups in total. The summed E-state index contributed by atoms with van der Waals surface area (Å²) >= 11 is 0. The highest BCUT2D eigenvalue weighted by Crippen LogP contribution is 2.28. The van der Waals surface area contributed by atoms with E-state index in [1.807, 2.05) is 0 Å². The molecule has 0 saturated heterocycles. The highest BCUT2D eigenvalue weighted by molar-refractivity contribution is 5.50. The number of hydrogen-bond acceptors (Lipinski definition) is 4. The van der Waals surface area contributed by atoms with Crippen molar-refractivity contribution in [1.82, 2.24) is 9.97 Å². The second-order valence-corrected chi connectivity index (χ2v) is 5.64. The molecule has 0 atom stereocenters. The van der Waals surface area contributed by atoms with Crippen molar-refractivity contribution in [2.24, 2.45) is 5.73 Å². The topological polar surface area (TPSA) is 55.0 Å². The van der Waals surface area contributed by atoms with Gasteiger partial charge < -0.3 is 10.6 Å². The predicted octanol–water partition coefficient (Wildman–Crippen LogP) is 2.70. The first-order chi connectivity index (χ1) is 9.81. The molecule has 0 amide bonds. The molecule has 0 aromatic carbocycles. The molecule has 4 nitrogen and oxygen atoms in total. The molecule has 112 valence electrons. The van der Waals surface area contributed by atoms with Gasteiger partial charge in [0.05, 0.1) is 0 Å². The Morgan fingerprint density at radius 2 is 1.90 bits per heavy atom. The minimum absolute atomic E-state index is 0.529. The van der Waals surface area contributed by atoms with Gasteiger partial charge in [-0.25, -0.2) is 9.97 Å². The number of aryl methyl sites for hydroxylation is 1. The third-order valence-corrected chi connectivity index (χ3v) is 4.38. The van der Waals surface area contributed by atoms with Crippen LogP contribution in [0.15, 0.2) is 6.33 Å². The fourth-order valence-electron chi connectivity index (χ4n) is 3.26. The van der Waals surface area contributed by atoms with E-state index in [9.17, 15) is 0 Å². The van der Waals surface area contributed by atoms with Crippen molar-refractivity contribution >= 4 is 5.82 Å². The van der Waals surface area contributed by atoms with Crippen LogP contribution in [0.1, 0.15) is 57.2 Å². The summed E-state index contributed by atoms with van der Waals surface area (Å²) in [7, 11) is 0. The summed E-state index contributed by atoms with van der Waals surface area (Å²) in [4.78, 5) is 11.6. The lowest BCUT2D eigenvalue weighted by Crippen LogP contribution is -2.39. The molecule has 0 radical (unpaired) electrons. The van der Waals surface area contributed by atoms with Gasteiger partial charge in [-0.1, -0.05) is 20.3 Å². The summed E-state index contributed by atoms with van der Waals surface area (Å²) in [6.07, 6.45) is 10.0. The summed E-state index contributed by atoms with van der Waals surface area (Å²) in [6, 6.07) is 0.529. The molecule has 0 bridgehead atoms. The van der Waals surface area contributed by atoms with E-state index in [1.165, 1.54) is 30.5 Å². The van der Waals surface area contributed by atoms with Crippen molar-refractivity contribution in [3.8, 4) is 0 Å². The highest BCUT2D eigenvalue weighted by Gasteiger charge is 2.22. The monoisotopic (exact) mass is 276 g/mol. The molecular weight excluding hydrogens is 248 g/mol. The standard InChI is InChI=1S/C16H28N4/c1-3-13(4-2)20(11-10-17)16-14-8-6-5-7-9-15(14)18-12-19-16/h12-13H,3-11,17H2,1-2H3. The minimum Gasteiger partial charge on any atom is -0.352 e. The number of hydrogen-bond donors (Lipinski definition) is 1. The van der Waals surface area contributed by atoms with Crippen LogP contribution in [0.25, 0.3) is 0 Å². The molecule has 1 aromatic heterocycles. The average molecular weight is 276 g/mol. The lowest BCUT2D eigenvalue weighted by molar-refractivity contribution is 0.551. The third kappa shape index (κ3) is 3.29. The molecule has 0 aliphatic heterocycles. The van der Waals surface area contributed by atoms with Crippen LogP contribution in [0.3, 0.4) is 0 Å². The van der Waals surface area contributed by atoms with Gasteiger partial charge in [-0.05, 0) is 38.5 Å². The van der Waals surface area contributed by atoms with E-state index in [1.54, 1.807) is 6.33 Å². The van der Waals surface area contributed by atoms with Gasteiger partial charge in [0.2, 0.25) is 0 Å². The molecule has 1 aliphatic carbocycles. The lowest BCUT2D eigenvalue weighted by atomic mass is 10.1. The van der Waals surface area contributed by atoms with Crippen molar-refractivity contribution in [2.75, 3.05) is 18.0 Å². The maximum Gasteiger partial charge on any atom is 0.135 e. The number of aromatic nitrogens is 2. The van der Waals surface area contributed by atoms with Gasteiger partial charge >= 0.3 is 0 Å². The molecule has 0 fully saturated rings. The number of fused-ring (bicyclic) bond motifs is 1. The summed E-state index contributed by atoms with van der Waals surface area (Å²) < 4.78 is 0. The quantitative estimate of drug-likeness (QED) is 0.812. The van der Waals surface area contributed by atoms with Crippen LogP contribution in [-0.2, 0) is 12.8 Å². The van der Waals surface area contributed by atoms with Crippen LogP contribution in [0, 0.1) is 0 Å². The number of anilines is 1. The Balaban J connectivity index is 2.37. The summed E-state index contributed by atoms with van der Waals surface area (Å²) in [5.74, 6) is 1.15. The summed E-state index contributed by atoms with van der Waals surface area (Å²) in [6.45, 7) is 6.06. The largest absolute Gasteiger partial charge is 0.352 e. The first-order valence-corrected chi connectivity index (χ1v) is 8.11. The molecular formula is C16H28N4. The van der Waals surface area contributed by atoms with Crippen LogP contribution in [-0.4, -0.2) is 29.1 Å². The highest BCUT2D eigenvalue weighted by atomic mass is 15.2. The second kappa shape index (κ2) is 7.58. The Morgan fingerprint density at radius 1 is 1.15 bits per heavy atom. The van der Waals surface area contributed by atoms with Gasteiger partial charge in [-0.3, -0.25) is 0 Å². The van der Waals surface area contributed by atoms with Crippen molar-refractivity contribution < 1.29 is 0 Å². The average Bonchev–Trinajstić information content (AvgIpc) is 2.72. The number of nitrogens with two attached hydrogens (primary N) is 1. The summed E-state index contributed by atoms with van der Waals surface area (Å²) in [5.41, 5.74) is 8.48. The van der Waals surface area contributed by atoms with Crippen molar-refractivity contribution in [1.29, 1.82) is 0 Å². The van der Waals surface area contributed by atoms with Gasteiger partial charge in [-0.15, -0.1) is 0 Å². The van der Waals surface area contributed by atoms with Gasteiger partial charge in [0.25, 0.3) is 0 Å². The lowest BCUT2D eigenvalue weighted by Gasteiger charge is -2.33. The van der Waals surface area contributed by atoms with Crippen LogP contribution >= 0.6 is 0 Å². The normalized spacial score (nSPS) is 15.0. The number of rotatable bonds is 6. The smallest absolute Gasteiger partial charge is 0.135 e. The molecule has 0 spiro atoms. The fourth-order valence-corrected chi connectivity index (χ4v) is 3.26. The van der Waals surface area contributed by atoms with E-state index < -0.39 is 0 Å². The molecule has 20 heavy (non-hydrogen) atoms. The van der Waals surface area contributed by atoms with E-state index in [4.69, 9.17) is 5.73 Å². The third-order valence-electron chi connectivity index (χ3n) is 4.38. The van der Waals surface area contributed by atoms with Crippen molar-refractivity contribution in [3.05, 3.63) is 17.6 Å². The summed E-state index contributed by atoms with van der Waals surface area (Å²) in [5, 5.41) is 0. The molecule has 4 heteroatoms. The minimum atomic E-state index is 0.529. The predicted molar refractivity (Wildman–Crippen MR) is 84.1 cm³/mol. The zero-order valence-corrected chi connectivity index (χ0v) is 12.9. The van der Waals surface area contributed by atoms with E-state index in [-0.39, 0.29) is 0 Å². The SMILES string of the molecule is CCC(CC)N(CCN)c1ncnc2c1CCCCC2. The molecule has 0 unspecified atom stereocenters. The molecule has 2 rings (SSSR count). The first kappa shape index (κ1) is 15.2. The van der Waals surface area contributed by atoms with Crippen LogP contribution in [0.4, 0.5) is 5.82 Å². The van der Waals surface area contributed by atoms with Gasteiger partial charge in [0, 0.05) is 30.4 Å². The Bertz CT molecular complexity index is 415. The van der Waals surface area contributed by atoms with Crippen molar-refractivity contribution in [2.45, 2.75) is 64.8 Å². The van der Waals surface area contributed by atoms with Gasteiger partial charge in [-0.2, -0.15) is 0 Å². The van der Waals surface area contributed by atoms with E-state index >= 15 is 0 Å². The van der Waals surface area contributed by atoms with Gasteiger partial charge in [0.15, 0.2) is 0 Å². The fraction of sp³-hybridized carbons (Fsp3) is 0.750. The van der Waals surface area contributed by atoms with E-state index in [0.29, 0.717) is 12.6 Å². The van der Waals surface area contributed by atoms with E-state index in [2.05, 4.69) is 28.7 Å². The van der Waals surface area contributed by atoms with Crippen molar-refractivity contribution in [3.63, 3.8) is 0 Å². The van der Waals surface area contributed by atoms with Crippen LogP contribution in [0.2, 0.25) is 0 Å². The first-order valence-electron chi connectivity index (χ1n) is 8.11. The Hall–Kier alpha value is -1.16. The molecule has 1 aliphatic rings. The second-order valence-electron chi connectivity index (χ2n) is 5.64. The molecule has 0 saturated carbocycles. The van der Waals surface area contributed by atoms with E-state index in [0.717, 1.165) is 38.0 Å². The molecule has 1 heterocycles. The van der Waals surface area contributed by atoms with Gasteiger partial charge in [0.1, 0.15) is 12.1 Å². The Labute approximate surface area is 122 Å². The van der Waals surface area contributed by atoms with Crippen LogP contribution in [0.5, 0.6) is 0 Å². The number of nitrogens with zero attached hydrogens (tertiary/aromatic N) is 3. The molecule has 1 aromatic rings. The zero-order valence-electron chi connectivity index (χ0n) is 12.9.